The van der Waals surface area contributed by atoms with Gasteiger partial charge in [-0.05, 0) is 87.2 Å². The average Bonchev–Trinajstić information content (AvgIpc) is 3.70. The monoisotopic (exact) mass is 615 g/mol. The number of nitrogens with two attached hydrogens (primary N) is 1. The molecular formula is C32H42ClN3O7. The highest BCUT2D eigenvalue weighted by molar-refractivity contribution is 6.32. The van der Waals surface area contributed by atoms with E-state index in [0.29, 0.717) is 28.6 Å². The standard InChI is InChI=1S/C32H42ClN3O7/c1-31(2,3)8-9-36(13-15-6-7-15)14-17-12-20(37)22-18(24(17)33)10-16-11-19-25(35(4)5)27(39)23(30(34)42)29(41)32(19,43)28(40)21(16)26(22)38/h12,15-16,19,25,37-38,41,43H,6-11,13-14H2,1-5H3,(H2,34,42)/t16-,19-,25-,32-/m0/s1. The third-order valence-electron chi connectivity index (χ3n) is 9.51. The van der Waals surface area contributed by atoms with Crippen LogP contribution in [0, 0.1) is 23.2 Å². The Balaban J connectivity index is 1.57. The van der Waals surface area contributed by atoms with Crippen LogP contribution in [0.25, 0.3) is 5.76 Å². The van der Waals surface area contributed by atoms with Gasteiger partial charge in [0.2, 0.25) is 5.78 Å². The highest BCUT2D eigenvalue weighted by atomic mass is 35.5. The zero-order valence-corrected chi connectivity index (χ0v) is 26.2. The van der Waals surface area contributed by atoms with Crippen LogP contribution >= 0.6 is 11.6 Å². The third-order valence-corrected chi connectivity index (χ3v) is 9.99. The molecule has 0 heterocycles. The first-order chi connectivity index (χ1) is 20.0. The van der Waals surface area contributed by atoms with Crippen LogP contribution in [-0.2, 0) is 27.3 Å². The molecule has 0 unspecified atom stereocenters. The first kappa shape index (κ1) is 31.5. The second kappa shape index (κ2) is 10.9. The zero-order valence-electron chi connectivity index (χ0n) is 25.4. The second-order valence-electron chi connectivity index (χ2n) is 14.2. The minimum absolute atomic E-state index is 0.00785. The van der Waals surface area contributed by atoms with E-state index in [-0.39, 0.29) is 35.1 Å². The lowest BCUT2D eigenvalue weighted by Gasteiger charge is -2.50. The number of likely N-dealkylation sites (N-methyl/N-ethyl adjacent to an activating group) is 1. The van der Waals surface area contributed by atoms with Crippen molar-refractivity contribution in [3.8, 4) is 5.75 Å². The van der Waals surface area contributed by atoms with Crippen molar-refractivity contribution < 1.29 is 34.8 Å². The maximum absolute atomic E-state index is 14.0. The molecule has 1 amide bonds. The second-order valence-corrected chi connectivity index (χ2v) is 14.6. The van der Waals surface area contributed by atoms with Gasteiger partial charge in [0.25, 0.3) is 5.91 Å². The van der Waals surface area contributed by atoms with E-state index in [1.807, 2.05) is 0 Å². The number of aliphatic hydroxyl groups is 3. The van der Waals surface area contributed by atoms with E-state index < -0.39 is 58.0 Å². The Bertz CT molecular complexity index is 1460. The number of carbonyl (C=O) groups excluding carboxylic acids is 3. The molecule has 1 aromatic rings. The fourth-order valence-electron chi connectivity index (χ4n) is 7.10. The van der Waals surface area contributed by atoms with Crippen molar-refractivity contribution in [3.63, 3.8) is 0 Å². The van der Waals surface area contributed by atoms with Gasteiger partial charge >= 0.3 is 0 Å². The van der Waals surface area contributed by atoms with Crippen LogP contribution in [0.3, 0.4) is 0 Å². The van der Waals surface area contributed by atoms with Crippen LogP contribution in [0.5, 0.6) is 5.75 Å². The summed E-state index contributed by atoms with van der Waals surface area (Å²) < 4.78 is 0. The van der Waals surface area contributed by atoms with Gasteiger partial charge in [-0.25, -0.2) is 0 Å². The number of phenols is 1. The van der Waals surface area contributed by atoms with Gasteiger partial charge in [0.1, 0.15) is 22.8 Å². The number of Topliss-reactive ketones (excluding diaryl/α,β-unsaturated/α-hetero) is 2. The number of aromatic hydroxyl groups is 1. The summed E-state index contributed by atoms with van der Waals surface area (Å²) in [5.41, 5.74) is 3.06. The van der Waals surface area contributed by atoms with Gasteiger partial charge in [0, 0.05) is 29.6 Å². The van der Waals surface area contributed by atoms with Gasteiger partial charge in [-0.15, -0.1) is 0 Å². The predicted molar refractivity (Wildman–Crippen MR) is 161 cm³/mol. The first-order valence-corrected chi connectivity index (χ1v) is 15.3. The van der Waals surface area contributed by atoms with Crippen LogP contribution in [-0.4, -0.2) is 86.5 Å². The molecule has 11 heteroatoms. The zero-order chi connectivity index (χ0) is 31.8. The number of halogens is 1. The van der Waals surface area contributed by atoms with E-state index in [1.165, 1.54) is 23.8 Å². The van der Waals surface area contributed by atoms with Crippen molar-refractivity contribution in [2.45, 2.75) is 71.1 Å². The van der Waals surface area contributed by atoms with Gasteiger partial charge in [-0.2, -0.15) is 0 Å². The van der Waals surface area contributed by atoms with Gasteiger partial charge < -0.3 is 26.2 Å². The molecule has 2 saturated carbocycles. The smallest absolute Gasteiger partial charge is 0.255 e. The van der Waals surface area contributed by atoms with Crippen molar-refractivity contribution >= 4 is 34.8 Å². The summed E-state index contributed by atoms with van der Waals surface area (Å²) >= 11 is 7.00. The molecule has 6 N–H and O–H groups in total. The molecule has 0 aliphatic heterocycles. The van der Waals surface area contributed by atoms with Crippen molar-refractivity contribution in [3.05, 3.63) is 44.7 Å². The number of hydrogen-bond acceptors (Lipinski definition) is 9. The number of fused-ring (bicyclic) bond motifs is 3. The molecular weight excluding hydrogens is 574 g/mol. The Labute approximate surface area is 256 Å². The molecule has 234 valence electrons. The summed E-state index contributed by atoms with van der Waals surface area (Å²) in [7, 11) is 3.14. The van der Waals surface area contributed by atoms with Crippen molar-refractivity contribution in [2.24, 2.45) is 28.9 Å². The molecule has 43 heavy (non-hydrogen) atoms. The topological polar surface area (TPSA) is 165 Å². The Morgan fingerprint density at radius 3 is 2.37 bits per heavy atom. The average molecular weight is 616 g/mol. The quantitative estimate of drug-likeness (QED) is 0.276. The van der Waals surface area contributed by atoms with Crippen LogP contribution in [0.4, 0.5) is 0 Å². The Hall–Kier alpha value is -2.92. The van der Waals surface area contributed by atoms with Crippen molar-refractivity contribution in [1.82, 2.24) is 9.80 Å². The molecule has 4 atom stereocenters. The molecule has 0 bridgehead atoms. The minimum Gasteiger partial charge on any atom is -0.508 e. The maximum Gasteiger partial charge on any atom is 0.255 e. The van der Waals surface area contributed by atoms with Gasteiger partial charge in [-0.3, -0.25) is 24.2 Å². The summed E-state index contributed by atoms with van der Waals surface area (Å²) in [5.74, 6) is -6.12. The van der Waals surface area contributed by atoms with Gasteiger partial charge in [-0.1, -0.05) is 32.4 Å². The number of aliphatic hydroxyl groups excluding tert-OH is 2. The molecule has 10 nitrogen and oxygen atoms in total. The number of ketones is 2. The van der Waals surface area contributed by atoms with E-state index in [1.54, 1.807) is 14.1 Å². The van der Waals surface area contributed by atoms with Crippen molar-refractivity contribution in [1.29, 1.82) is 0 Å². The lowest BCUT2D eigenvalue weighted by molar-refractivity contribution is -0.153. The van der Waals surface area contributed by atoms with Crippen LogP contribution in [0.2, 0.25) is 5.02 Å². The molecule has 4 aliphatic carbocycles. The number of amides is 1. The fraction of sp³-hybridized carbons (Fsp3) is 0.594. The molecule has 4 aliphatic rings. The maximum atomic E-state index is 14.0. The lowest BCUT2D eigenvalue weighted by atomic mass is 9.57. The molecule has 0 radical (unpaired) electrons. The SMILES string of the molecule is CN(C)[C@@H]1C(=O)C(C(N)=O)=C(O)[C@@]2(O)C(=O)C3=C(O)c4c(O)cc(CN(CCC(C)(C)C)CC5CC5)c(Cl)c4C[C@H]3C[C@@H]12. The summed E-state index contributed by atoms with van der Waals surface area (Å²) in [5, 5.41) is 45.7. The Kier molecular flexibility index (Phi) is 7.99. The normalized spacial score (nSPS) is 27.5. The summed E-state index contributed by atoms with van der Waals surface area (Å²) in [4.78, 5) is 43.3. The molecule has 5 rings (SSSR count). The van der Waals surface area contributed by atoms with Crippen LogP contribution < -0.4 is 5.73 Å². The highest BCUT2D eigenvalue weighted by Gasteiger charge is 2.64. The molecule has 2 fully saturated rings. The Morgan fingerprint density at radius 1 is 1.16 bits per heavy atom. The van der Waals surface area contributed by atoms with E-state index in [4.69, 9.17) is 17.3 Å². The lowest BCUT2D eigenvalue weighted by Crippen LogP contribution is -2.65. The van der Waals surface area contributed by atoms with E-state index in [9.17, 15) is 34.8 Å². The minimum atomic E-state index is -2.67. The van der Waals surface area contributed by atoms with E-state index in [0.717, 1.165) is 19.5 Å². The number of benzene rings is 1. The first-order valence-electron chi connectivity index (χ1n) is 14.9. The van der Waals surface area contributed by atoms with Crippen molar-refractivity contribution in [2.75, 3.05) is 27.2 Å². The molecule has 0 saturated heterocycles. The number of carbonyl (C=O) groups is 3. The van der Waals surface area contributed by atoms with Gasteiger partial charge in [0.05, 0.1) is 11.6 Å². The molecule has 1 aromatic carbocycles. The largest absolute Gasteiger partial charge is 0.508 e. The Morgan fingerprint density at radius 2 is 1.81 bits per heavy atom. The third kappa shape index (κ3) is 5.36. The number of primary amides is 1. The van der Waals surface area contributed by atoms with E-state index >= 15 is 0 Å². The van der Waals surface area contributed by atoms with Crippen LogP contribution in [0.15, 0.2) is 23.0 Å². The van der Waals surface area contributed by atoms with Crippen LogP contribution in [0.1, 0.15) is 63.1 Å². The number of phenolic OH excluding ortho intramolecular Hbond substituents is 1. The fourth-order valence-corrected chi connectivity index (χ4v) is 7.38. The summed E-state index contributed by atoms with van der Waals surface area (Å²) in [6, 6.07) is 0.385. The van der Waals surface area contributed by atoms with Gasteiger partial charge in [0.15, 0.2) is 11.4 Å². The summed E-state index contributed by atoms with van der Waals surface area (Å²) in [6.45, 7) is 8.91. The molecule has 0 aromatic heterocycles. The number of nitrogens with zero attached hydrogens (tertiary/aromatic N) is 2. The number of rotatable bonds is 8. The number of hydrogen-bond donors (Lipinski definition) is 5. The summed E-state index contributed by atoms with van der Waals surface area (Å²) in [6.07, 6.45) is 3.57. The predicted octanol–water partition coefficient (Wildman–Crippen LogP) is 3.27. The molecule has 0 spiro atoms. The van der Waals surface area contributed by atoms with E-state index in [2.05, 4.69) is 25.7 Å². The highest BCUT2D eigenvalue weighted by Crippen LogP contribution is 2.53.